The maximum atomic E-state index is 13.0. The van der Waals surface area contributed by atoms with Crippen molar-refractivity contribution in [3.05, 3.63) is 59.7 Å². The Morgan fingerprint density at radius 2 is 2.17 bits per heavy atom. The van der Waals surface area contributed by atoms with Gasteiger partial charge in [-0.3, -0.25) is 4.98 Å². The third-order valence-corrected chi connectivity index (χ3v) is 2.62. The minimum atomic E-state index is -0.401. The molecule has 0 N–H and O–H groups in total. The molecular formula is C14H12FN3. The highest BCUT2D eigenvalue weighted by Crippen LogP contribution is 2.21. The molecule has 2 rings (SSSR count). The van der Waals surface area contributed by atoms with Crippen molar-refractivity contribution in [2.45, 2.75) is 6.54 Å². The lowest BCUT2D eigenvalue weighted by Crippen LogP contribution is -2.18. The molecule has 0 unspecified atom stereocenters. The Kier molecular flexibility index (Phi) is 3.54. The van der Waals surface area contributed by atoms with Crippen molar-refractivity contribution in [3.8, 4) is 6.07 Å². The number of pyridine rings is 1. The Morgan fingerprint density at radius 1 is 1.33 bits per heavy atom. The first-order valence-corrected chi connectivity index (χ1v) is 5.51. The van der Waals surface area contributed by atoms with Gasteiger partial charge in [-0.1, -0.05) is 6.07 Å². The molecule has 18 heavy (non-hydrogen) atoms. The van der Waals surface area contributed by atoms with Crippen molar-refractivity contribution in [3.63, 3.8) is 0 Å². The van der Waals surface area contributed by atoms with Gasteiger partial charge in [0.05, 0.1) is 23.5 Å². The summed E-state index contributed by atoms with van der Waals surface area (Å²) in [5.41, 5.74) is 1.92. The molecule has 0 spiro atoms. The molecular weight excluding hydrogens is 229 g/mol. The Bertz CT molecular complexity index is 575. The van der Waals surface area contributed by atoms with E-state index in [1.807, 2.05) is 36.2 Å². The van der Waals surface area contributed by atoms with Crippen LogP contribution in [0.4, 0.5) is 10.1 Å². The first-order chi connectivity index (χ1) is 8.70. The van der Waals surface area contributed by atoms with E-state index in [9.17, 15) is 4.39 Å². The molecule has 4 heteroatoms. The zero-order valence-corrected chi connectivity index (χ0v) is 9.97. The molecule has 0 bridgehead atoms. The van der Waals surface area contributed by atoms with Gasteiger partial charge in [0.15, 0.2) is 0 Å². The van der Waals surface area contributed by atoms with E-state index in [-0.39, 0.29) is 0 Å². The normalized spacial score (nSPS) is 9.83. The number of aromatic nitrogens is 1. The molecule has 0 saturated carbocycles. The fraction of sp³-hybridized carbons (Fsp3) is 0.143. The Morgan fingerprint density at radius 3 is 2.83 bits per heavy atom. The highest BCUT2D eigenvalue weighted by atomic mass is 19.1. The average molecular weight is 241 g/mol. The van der Waals surface area contributed by atoms with E-state index in [1.165, 1.54) is 12.1 Å². The van der Waals surface area contributed by atoms with Crippen LogP contribution in [0.5, 0.6) is 0 Å². The molecule has 1 aromatic carbocycles. The average Bonchev–Trinajstić information content (AvgIpc) is 2.39. The van der Waals surface area contributed by atoms with E-state index < -0.39 is 5.82 Å². The van der Waals surface area contributed by atoms with Crippen molar-refractivity contribution in [2.24, 2.45) is 0 Å². The third kappa shape index (κ3) is 2.64. The van der Waals surface area contributed by atoms with Gasteiger partial charge in [0.2, 0.25) is 0 Å². The number of hydrogen-bond donors (Lipinski definition) is 0. The summed E-state index contributed by atoms with van der Waals surface area (Å²) in [6, 6.07) is 11.9. The van der Waals surface area contributed by atoms with E-state index in [1.54, 1.807) is 12.3 Å². The smallest absolute Gasteiger partial charge is 0.124 e. The van der Waals surface area contributed by atoms with Crippen LogP contribution in [0.2, 0.25) is 0 Å². The van der Waals surface area contributed by atoms with Crippen LogP contribution in [0, 0.1) is 17.1 Å². The Hall–Kier alpha value is -2.41. The van der Waals surface area contributed by atoms with Gasteiger partial charge in [0.1, 0.15) is 11.9 Å². The van der Waals surface area contributed by atoms with Gasteiger partial charge in [-0.25, -0.2) is 4.39 Å². The molecule has 1 heterocycles. The maximum Gasteiger partial charge on any atom is 0.124 e. The number of halogens is 1. The monoisotopic (exact) mass is 241 g/mol. The number of nitriles is 1. The first-order valence-electron chi connectivity index (χ1n) is 5.51. The molecule has 0 radical (unpaired) electrons. The molecule has 0 aliphatic rings. The molecule has 0 fully saturated rings. The summed E-state index contributed by atoms with van der Waals surface area (Å²) in [7, 11) is 1.85. The quantitative estimate of drug-likeness (QED) is 0.829. The van der Waals surface area contributed by atoms with Gasteiger partial charge in [0, 0.05) is 13.2 Å². The summed E-state index contributed by atoms with van der Waals surface area (Å²) in [6.45, 7) is 0.571. The van der Waals surface area contributed by atoms with Crippen molar-refractivity contribution in [1.29, 1.82) is 5.26 Å². The van der Waals surface area contributed by atoms with Gasteiger partial charge >= 0.3 is 0 Å². The van der Waals surface area contributed by atoms with E-state index in [0.717, 1.165) is 5.69 Å². The van der Waals surface area contributed by atoms with Crippen LogP contribution in [0.15, 0.2) is 42.6 Å². The molecule has 90 valence electrons. The summed E-state index contributed by atoms with van der Waals surface area (Å²) in [4.78, 5) is 6.09. The topological polar surface area (TPSA) is 39.9 Å². The van der Waals surface area contributed by atoms with Crippen molar-refractivity contribution in [2.75, 3.05) is 11.9 Å². The lowest BCUT2D eigenvalue weighted by molar-refractivity contribution is 0.627. The first kappa shape index (κ1) is 12.1. The second-order valence-electron chi connectivity index (χ2n) is 3.95. The maximum absolute atomic E-state index is 13.0. The Balaban J connectivity index is 2.24. The second-order valence-corrected chi connectivity index (χ2v) is 3.95. The molecule has 0 aliphatic heterocycles. The number of anilines is 1. The van der Waals surface area contributed by atoms with Crippen LogP contribution < -0.4 is 4.90 Å². The molecule has 2 aromatic rings. The van der Waals surface area contributed by atoms with Crippen LogP contribution in [0.3, 0.4) is 0 Å². The van der Waals surface area contributed by atoms with Crippen molar-refractivity contribution >= 4 is 5.69 Å². The van der Waals surface area contributed by atoms with E-state index in [2.05, 4.69) is 4.98 Å². The molecule has 3 nitrogen and oxygen atoms in total. The van der Waals surface area contributed by atoms with Crippen LogP contribution in [-0.4, -0.2) is 12.0 Å². The second kappa shape index (κ2) is 5.28. The minimum absolute atomic E-state index is 0.327. The summed E-state index contributed by atoms with van der Waals surface area (Å²) in [5.74, 6) is -0.401. The number of nitrogens with zero attached hydrogens (tertiary/aromatic N) is 3. The standard InChI is InChI=1S/C14H12FN3/c1-18(10-13-4-2-3-7-17-13)14-6-5-12(15)8-11(14)9-16/h2-8H,10H2,1H3. The fourth-order valence-corrected chi connectivity index (χ4v) is 1.75. The van der Waals surface area contributed by atoms with Gasteiger partial charge in [0.25, 0.3) is 0 Å². The summed E-state index contributed by atoms with van der Waals surface area (Å²) < 4.78 is 13.0. The van der Waals surface area contributed by atoms with Crippen LogP contribution in [0.1, 0.15) is 11.3 Å². The zero-order chi connectivity index (χ0) is 13.0. The molecule has 0 aliphatic carbocycles. The highest BCUT2D eigenvalue weighted by molar-refractivity contribution is 5.58. The van der Waals surface area contributed by atoms with Crippen molar-refractivity contribution in [1.82, 2.24) is 4.98 Å². The summed E-state index contributed by atoms with van der Waals surface area (Å²) in [6.07, 6.45) is 1.72. The Labute approximate surface area is 105 Å². The van der Waals surface area contributed by atoms with Gasteiger partial charge in [-0.15, -0.1) is 0 Å². The highest BCUT2D eigenvalue weighted by Gasteiger charge is 2.09. The van der Waals surface area contributed by atoms with Gasteiger partial charge in [-0.05, 0) is 30.3 Å². The SMILES string of the molecule is CN(Cc1ccccn1)c1ccc(F)cc1C#N. The molecule has 0 atom stereocenters. The zero-order valence-electron chi connectivity index (χ0n) is 9.97. The number of benzene rings is 1. The van der Waals surface area contributed by atoms with Crippen molar-refractivity contribution < 1.29 is 4.39 Å². The fourth-order valence-electron chi connectivity index (χ4n) is 1.75. The van der Waals surface area contributed by atoms with Gasteiger partial charge < -0.3 is 4.90 Å². The predicted octanol–water partition coefficient (Wildman–Crippen LogP) is 2.73. The van der Waals surface area contributed by atoms with E-state index >= 15 is 0 Å². The predicted molar refractivity (Wildman–Crippen MR) is 67.5 cm³/mol. The molecule has 0 amide bonds. The van der Waals surface area contributed by atoms with Crippen LogP contribution in [-0.2, 0) is 6.54 Å². The van der Waals surface area contributed by atoms with Crippen LogP contribution in [0.25, 0.3) is 0 Å². The van der Waals surface area contributed by atoms with Crippen LogP contribution >= 0.6 is 0 Å². The lowest BCUT2D eigenvalue weighted by atomic mass is 10.1. The third-order valence-electron chi connectivity index (χ3n) is 2.62. The largest absolute Gasteiger partial charge is 0.368 e. The van der Waals surface area contributed by atoms with E-state index in [0.29, 0.717) is 17.8 Å². The van der Waals surface area contributed by atoms with E-state index in [4.69, 9.17) is 5.26 Å². The summed E-state index contributed by atoms with van der Waals surface area (Å²) in [5, 5.41) is 9.00. The lowest BCUT2D eigenvalue weighted by Gasteiger charge is -2.20. The number of rotatable bonds is 3. The number of hydrogen-bond acceptors (Lipinski definition) is 3. The summed E-state index contributed by atoms with van der Waals surface area (Å²) >= 11 is 0. The minimum Gasteiger partial charge on any atom is -0.368 e. The van der Waals surface area contributed by atoms with Gasteiger partial charge in [-0.2, -0.15) is 5.26 Å². The molecule has 1 aromatic heterocycles. The molecule has 0 saturated heterocycles.